The normalized spacial score (nSPS) is 11.1. The molecular formula is C20H22F3NO3. The molecule has 0 heterocycles. The van der Waals surface area contributed by atoms with Gasteiger partial charge in [0.05, 0.1) is 7.11 Å². The molecule has 0 fully saturated rings. The van der Waals surface area contributed by atoms with Crippen molar-refractivity contribution in [3.63, 3.8) is 0 Å². The topological polar surface area (TPSA) is 47.6 Å². The van der Waals surface area contributed by atoms with Gasteiger partial charge in [0, 0.05) is 13.0 Å². The second-order valence-electron chi connectivity index (χ2n) is 6.15. The molecule has 1 amide bonds. The van der Waals surface area contributed by atoms with E-state index in [0.717, 1.165) is 16.7 Å². The van der Waals surface area contributed by atoms with E-state index in [-0.39, 0.29) is 23.8 Å². The Morgan fingerprint density at radius 1 is 1.04 bits per heavy atom. The number of nitrogens with one attached hydrogen (secondary N) is 1. The lowest BCUT2D eigenvalue weighted by Gasteiger charge is -2.13. The maximum atomic E-state index is 12.3. The lowest BCUT2D eigenvalue weighted by molar-refractivity contribution is -0.153. The molecule has 27 heavy (non-hydrogen) atoms. The zero-order valence-electron chi connectivity index (χ0n) is 15.2. The molecule has 0 saturated heterocycles. The molecule has 4 nitrogen and oxygen atoms in total. The molecule has 0 atom stereocenters. The van der Waals surface area contributed by atoms with Crippen molar-refractivity contribution >= 4 is 5.91 Å². The van der Waals surface area contributed by atoms with Crippen molar-refractivity contribution in [3.8, 4) is 11.5 Å². The summed E-state index contributed by atoms with van der Waals surface area (Å²) < 4.78 is 46.6. The quantitative estimate of drug-likeness (QED) is 0.746. The summed E-state index contributed by atoms with van der Waals surface area (Å²) in [5.41, 5.74) is 2.94. The minimum atomic E-state index is -4.42. The van der Waals surface area contributed by atoms with E-state index in [1.54, 1.807) is 12.1 Å². The van der Waals surface area contributed by atoms with Crippen LogP contribution in [0.5, 0.6) is 11.5 Å². The molecule has 146 valence electrons. The van der Waals surface area contributed by atoms with Crippen LogP contribution in [0.25, 0.3) is 0 Å². The summed E-state index contributed by atoms with van der Waals surface area (Å²) in [4.78, 5) is 12.0. The third kappa shape index (κ3) is 7.21. The number of carbonyl (C=O) groups is 1. The van der Waals surface area contributed by atoms with Crippen LogP contribution < -0.4 is 14.8 Å². The molecule has 0 aliphatic carbocycles. The fourth-order valence-electron chi connectivity index (χ4n) is 2.40. The molecule has 0 saturated carbocycles. The van der Waals surface area contributed by atoms with E-state index < -0.39 is 12.8 Å². The van der Waals surface area contributed by atoms with Gasteiger partial charge in [-0.1, -0.05) is 35.9 Å². The summed E-state index contributed by atoms with van der Waals surface area (Å²) in [5.74, 6) is 0.117. The Hall–Kier alpha value is -2.70. The number of methoxy groups -OCH3 is 1. The van der Waals surface area contributed by atoms with Crippen molar-refractivity contribution in [1.29, 1.82) is 0 Å². The van der Waals surface area contributed by atoms with E-state index in [2.05, 4.69) is 5.32 Å². The molecular weight excluding hydrogens is 359 g/mol. The van der Waals surface area contributed by atoms with E-state index in [1.807, 2.05) is 31.2 Å². The van der Waals surface area contributed by atoms with Crippen LogP contribution in [0, 0.1) is 6.92 Å². The number of hydrogen-bond acceptors (Lipinski definition) is 3. The predicted octanol–water partition coefficient (Wildman–Crippen LogP) is 4.19. The summed E-state index contributed by atoms with van der Waals surface area (Å²) in [6.07, 6.45) is -3.72. The molecule has 7 heteroatoms. The van der Waals surface area contributed by atoms with Crippen molar-refractivity contribution < 1.29 is 27.4 Å². The molecule has 0 aliphatic rings. The summed E-state index contributed by atoms with van der Waals surface area (Å²) >= 11 is 0. The number of rotatable bonds is 8. The van der Waals surface area contributed by atoms with Crippen molar-refractivity contribution in [2.24, 2.45) is 0 Å². The Kier molecular flexibility index (Phi) is 7.10. The monoisotopic (exact) mass is 381 g/mol. The summed E-state index contributed by atoms with van der Waals surface area (Å²) in [6, 6.07) is 12.5. The number of aryl methyl sites for hydroxylation is 2. The number of hydrogen-bond donors (Lipinski definition) is 1. The number of ether oxygens (including phenoxy) is 2. The highest BCUT2D eigenvalue weighted by Gasteiger charge is 2.29. The van der Waals surface area contributed by atoms with E-state index in [9.17, 15) is 18.0 Å². The van der Waals surface area contributed by atoms with Crippen LogP contribution in [0.1, 0.15) is 23.1 Å². The number of alkyl halides is 3. The maximum Gasteiger partial charge on any atom is 0.422 e. The van der Waals surface area contributed by atoms with E-state index in [1.165, 1.54) is 13.2 Å². The van der Waals surface area contributed by atoms with Crippen LogP contribution in [0.15, 0.2) is 42.5 Å². The van der Waals surface area contributed by atoms with E-state index >= 15 is 0 Å². The molecule has 2 aromatic rings. The lowest BCUT2D eigenvalue weighted by atomic mass is 10.1. The van der Waals surface area contributed by atoms with Crippen LogP contribution in [-0.4, -0.2) is 25.8 Å². The Bertz CT molecular complexity index is 758. The first-order valence-electron chi connectivity index (χ1n) is 8.45. The molecule has 0 bridgehead atoms. The van der Waals surface area contributed by atoms with Gasteiger partial charge in [-0.15, -0.1) is 0 Å². The Morgan fingerprint density at radius 3 is 2.33 bits per heavy atom. The fraction of sp³-hybridized carbons (Fsp3) is 0.350. The molecule has 2 rings (SSSR count). The minimum absolute atomic E-state index is 0.0161. The van der Waals surface area contributed by atoms with Crippen molar-refractivity contribution in [2.75, 3.05) is 13.7 Å². The van der Waals surface area contributed by atoms with Crippen LogP contribution in [0.2, 0.25) is 0 Å². The molecule has 0 aliphatic heterocycles. The number of benzene rings is 2. The van der Waals surface area contributed by atoms with Crippen LogP contribution >= 0.6 is 0 Å². The molecule has 0 unspecified atom stereocenters. The first-order valence-corrected chi connectivity index (χ1v) is 8.45. The lowest BCUT2D eigenvalue weighted by Crippen LogP contribution is -2.23. The molecule has 0 radical (unpaired) electrons. The van der Waals surface area contributed by atoms with Gasteiger partial charge >= 0.3 is 6.18 Å². The highest BCUT2D eigenvalue weighted by atomic mass is 19.4. The summed E-state index contributed by atoms with van der Waals surface area (Å²) in [6.45, 7) is 1.06. The van der Waals surface area contributed by atoms with Crippen molar-refractivity contribution in [2.45, 2.75) is 32.5 Å². The van der Waals surface area contributed by atoms with Gasteiger partial charge in [-0.2, -0.15) is 13.2 Å². The Labute approximate surface area is 156 Å². The van der Waals surface area contributed by atoms with Crippen molar-refractivity contribution in [1.82, 2.24) is 5.32 Å². The third-order valence-electron chi connectivity index (χ3n) is 3.87. The van der Waals surface area contributed by atoms with Crippen LogP contribution in [0.4, 0.5) is 13.2 Å². The van der Waals surface area contributed by atoms with Crippen LogP contribution in [0.3, 0.4) is 0 Å². The number of amides is 1. The van der Waals surface area contributed by atoms with Gasteiger partial charge in [0.2, 0.25) is 5.91 Å². The average molecular weight is 381 g/mol. The number of halogens is 3. The highest BCUT2D eigenvalue weighted by molar-refractivity contribution is 5.76. The first kappa shape index (κ1) is 20.6. The molecule has 0 aromatic heterocycles. The zero-order valence-corrected chi connectivity index (χ0v) is 15.2. The van der Waals surface area contributed by atoms with Gasteiger partial charge in [0.15, 0.2) is 18.1 Å². The fourth-order valence-corrected chi connectivity index (χ4v) is 2.40. The second-order valence-corrected chi connectivity index (χ2v) is 6.15. The average Bonchev–Trinajstić information content (AvgIpc) is 2.63. The van der Waals surface area contributed by atoms with Crippen molar-refractivity contribution in [3.05, 3.63) is 59.2 Å². The summed E-state index contributed by atoms with van der Waals surface area (Å²) in [7, 11) is 1.36. The second kappa shape index (κ2) is 9.30. The van der Waals surface area contributed by atoms with E-state index in [4.69, 9.17) is 9.47 Å². The van der Waals surface area contributed by atoms with Gasteiger partial charge in [0.25, 0.3) is 0 Å². The predicted molar refractivity (Wildman–Crippen MR) is 95.9 cm³/mol. The first-order chi connectivity index (χ1) is 12.8. The van der Waals surface area contributed by atoms with E-state index in [0.29, 0.717) is 13.0 Å². The summed E-state index contributed by atoms with van der Waals surface area (Å²) in [5, 5.41) is 2.85. The molecule has 0 spiro atoms. The minimum Gasteiger partial charge on any atom is -0.493 e. The largest absolute Gasteiger partial charge is 0.493 e. The van der Waals surface area contributed by atoms with Crippen LogP contribution in [-0.2, 0) is 17.8 Å². The zero-order chi connectivity index (χ0) is 19.9. The van der Waals surface area contributed by atoms with Gasteiger partial charge in [-0.25, -0.2) is 0 Å². The standard InChI is InChI=1S/C20H22F3NO3/c1-14-3-5-16(6-4-14)12-24-19(25)10-8-15-7-9-17(18(11-15)26-2)27-13-20(21,22)23/h3-7,9,11H,8,10,12-13H2,1-2H3,(H,24,25). The van der Waals surface area contributed by atoms with Gasteiger partial charge in [0.1, 0.15) is 0 Å². The Balaban J connectivity index is 1.85. The third-order valence-corrected chi connectivity index (χ3v) is 3.87. The SMILES string of the molecule is COc1cc(CCC(=O)NCc2ccc(C)cc2)ccc1OCC(F)(F)F. The van der Waals surface area contributed by atoms with Gasteiger partial charge < -0.3 is 14.8 Å². The smallest absolute Gasteiger partial charge is 0.422 e. The maximum absolute atomic E-state index is 12.3. The molecule has 2 aromatic carbocycles. The van der Waals surface area contributed by atoms with Gasteiger partial charge in [-0.05, 0) is 36.6 Å². The number of carbonyl (C=O) groups excluding carboxylic acids is 1. The highest BCUT2D eigenvalue weighted by Crippen LogP contribution is 2.30. The molecule has 1 N–H and O–H groups in total. The Morgan fingerprint density at radius 2 is 1.70 bits per heavy atom. The van der Waals surface area contributed by atoms with Gasteiger partial charge in [-0.3, -0.25) is 4.79 Å².